The van der Waals surface area contributed by atoms with Gasteiger partial charge in [-0.15, -0.1) is 0 Å². The molecule has 31 heavy (non-hydrogen) atoms. The van der Waals surface area contributed by atoms with E-state index < -0.39 is 6.10 Å². The largest absolute Gasteiger partial charge is 0.493 e. The normalized spacial score (nSPS) is 16.4. The highest BCUT2D eigenvalue weighted by Gasteiger charge is 2.26. The minimum Gasteiger partial charge on any atom is -0.493 e. The van der Waals surface area contributed by atoms with Crippen molar-refractivity contribution in [3.8, 4) is 11.5 Å². The molecular weight excluding hydrogens is 403 g/mol. The lowest BCUT2D eigenvalue weighted by molar-refractivity contribution is 0.0583. The van der Waals surface area contributed by atoms with E-state index in [0.717, 1.165) is 43.3 Å². The summed E-state index contributed by atoms with van der Waals surface area (Å²) < 4.78 is 29.6. The molecule has 1 unspecified atom stereocenters. The summed E-state index contributed by atoms with van der Waals surface area (Å²) in [4.78, 5) is 13.1. The number of aromatic nitrogens is 1. The molecule has 1 aliphatic heterocycles. The number of benzene rings is 2. The number of aldehydes is 1. The lowest BCUT2D eigenvalue weighted by Gasteiger charge is -2.32. The van der Waals surface area contributed by atoms with Crippen LogP contribution in [0, 0.1) is 5.82 Å². The van der Waals surface area contributed by atoms with Crippen molar-refractivity contribution in [3.05, 3.63) is 53.5 Å². The molecule has 1 fully saturated rings. The number of likely N-dealkylation sites (tertiary alicyclic amines) is 1. The minimum absolute atomic E-state index is 0.121. The Bertz CT molecular complexity index is 1050. The van der Waals surface area contributed by atoms with E-state index in [1.54, 1.807) is 24.3 Å². The van der Waals surface area contributed by atoms with Crippen LogP contribution in [0.1, 0.15) is 34.8 Å². The van der Waals surface area contributed by atoms with Gasteiger partial charge in [-0.05, 0) is 56.3 Å². The molecule has 164 valence electrons. The Labute approximate surface area is 179 Å². The average molecular weight is 428 g/mol. The third-order valence-corrected chi connectivity index (χ3v) is 5.66. The molecule has 2 aromatic carbocycles. The zero-order chi connectivity index (χ0) is 21.8. The van der Waals surface area contributed by atoms with E-state index in [1.165, 1.54) is 19.2 Å². The van der Waals surface area contributed by atoms with E-state index >= 15 is 0 Å². The van der Waals surface area contributed by atoms with Gasteiger partial charge in [-0.1, -0.05) is 5.16 Å². The molecule has 0 bridgehead atoms. The zero-order valence-electron chi connectivity index (χ0n) is 17.3. The summed E-state index contributed by atoms with van der Waals surface area (Å²) in [6, 6.07) is 9.41. The van der Waals surface area contributed by atoms with Gasteiger partial charge in [-0.3, -0.25) is 4.79 Å². The molecule has 1 aromatic heterocycles. The van der Waals surface area contributed by atoms with E-state index in [9.17, 15) is 14.3 Å². The molecule has 0 radical (unpaired) electrons. The summed E-state index contributed by atoms with van der Waals surface area (Å²) in [6.07, 6.45) is 1.84. The van der Waals surface area contributed by atoms with Gasteiger partial charge in [0.25, 0.3) is 0 Å². The number of methoxy groups -OCH3 is 1. The number of carbonyl (C=O) groups excluding carboxylic acids is 1. The van der Waals surface area contributed by atoms with Crippen LogP contribution in [0.15, 0.2) is 40.9 Å². The van der Waals surface area contributed by atoms with Crippen LogP contribution >= 0.6 is 0 Å². The van der Waals surface area contributed by atoms with Gasteiger partial charge in [-0.2, -0.15) is 0 Å². The Morgan fingerprint density at radius 3 is 2.81 bits per heavy atom. The van der Waals surface area contributed by atoms with Crippen molar-refractivity contribution < 1.29 is 28.3 Å². The van der Waals surface area contributed by atoms with Gasteiger partial charge in [0.05, 0.1) is 12.8 Å². The molecule has 1 atom stereocenters. The van der Waals surface area contributed by atoms with Gasteiger partial charge in [-0.25, -0.2) is 4.39 Å². The summed E-state index contributed by atoms with van der Waals surface area (Å²) in [6.45, 7) is 2.24. The number of aliphatic hydroxyl groups excluding tert-OH is 1. The molecule has 2 heterocycles. The number of nitrogens with zero attached hydrogens (tertiary/aromatic N) is 2. The molecular formula is C23H25FN2O5. The van der Waals surface area contributed by atoms with Crippen molar-refractivity contribution in [1.82, 2.24) is 10.1 Å². The molecule has 7 nitrogen and oxygen atoms in total. The van der Waals surface area contributed by atoms with Crippen LogP contribution in [0.3, 0.4) is 0 Å². The van der Waals surface area contributed by atoms with Crippen LogP contribution < -0.4 is 9.47 Å². The third kappa shape index (κ3) is 4.86. The first kappa shape index (κ1) is 21.3. The number of halogens is 1. The molecule has 8 heteroatoms. The Kier molecular flexibility index (Phi) is 6.48. The molecule has 0 spiro atoms. The highest BCUT2D eigenvalue weighted by molar-refractivity contribution is 5.80. The van der Waals surface area contributed by atoms with Crippen LogP contribution in [-0.4, -0.2) is 60.9 Å². The predicted octanol–water partition coefficient (Wildman–Crippen LogP) is 3.41. The fraction of sp³-hybridized carbons (Fsp3) is 0.391. The quantitative estimate of drug-likeness (QED) is 0.551. The van der Waals surface area contributed by atoms with Crippen LogP contribution in [0.2, 0.25) is 0 Å². The summed E-state index contributed by atoms with van der Waals surface area (Å²) in [5, 5.41) is 15.5. The van der Waals surface area contributed by atoms with E-state index in [2.05, 4.69) is 10.1 Å². The molecule has 0 amide bonds. The van der Waals surface area contributed by atoms with Gasteiger partial charge in [0.1, 0.15) is 24.8 Å². The van der Waals surface area contributed by atoms with Crippen molar-refractivity contribution in [1.29, 1.82) is 0 Å². The minimum atomic E-state index is -0.664. The van der Waals surface area contributed by atoms with Crippen molar-refractivity contribution in [2.45, 2.75) is 24.9 Å². The number of carbonyl (C=O) groups is 1. The highest BCUT2D eigenvalue weighted by atomic mass is 19.1. The van der Waals surface area contributed by atoms with Gasteiger partial charge in [0.2, 0.25) is 0 Å². The number of ether oxygens (including phenoxy) is 2. The van der Waals surface area contributed by atoms with E-state index in [4.69, 9.17) is 14.0 Å². The van der Waals surface area contributed by atoms with Crippen LogP contribution in [0.4, 0.5) is 4.39 Å². The zero-order valence-corrected chi connectivity index (χ0v) is 17.3. The monoisotopic (exact) mass is 428 g/mol. The molecule has 1 N–H and O–H groups in total. The second-order valence-electron chi connectivity index (χ2n) is 7.78. The topological polar surface area (TPSA) is 85.0 Å². The first-order valence-corrected chi connectivity index (χ1v) is 10.3. The number of piperidine rings is 1. The average Bonchev–Trinajstić information content (AvgIpc) is 3.21. The standard InChI is InChI=1S/C23H25FN2O5/c1-29-22-10-15(13-27)2-5-20(22)30-14-18(28)12-26-8-6-16(7-9-26)23-19-4-3-17(24)11-21(19)31-25-23/h2-5,10-11,13,16,18,28H,6-9,12,14H2,1H3. The third-order valence-electron chi connectivity index (χ3n) is 5.66. The van der Waals surface area contributed by atoms with E-state index in [0.29, 0.717) is 29.2 Å². The van der Waals surface area contributed by atoms with Gasteiger partial charge >= 0.3 is 0 Å². The van der Waals surface area contributed by atoms with Crippen LogP contribution in [-0.2, 0) is 0 Å². The maximum atomic E-state index is 13.4. The number of rotatable bonds is 8. The molecule has 0 aliphatic carbocycles. The maximum Gasteiger partial charge on any atom is 0.170 e. The molecule has 4 rings (SSSR count). The van der Waals surface area contributed by atoms with Crippen LogP contribution in [0.25, 0.3) is 11.0 Å². The maximum absolute atomic E-state index is 13.4. The summed E-state index contributed by atoms with van der Waals surface area (Å²) in [5.41, 5.74) is 1.85. The van der Waals surface area contributed by atoms with Crippen molar-refractivity contribution in [2.24, 2.45) is 0 Å². The molecule has 0 saturated carbocycles. The Morgan fingerprint density at radius 2 is 2.06 bits per heavy atom. The van der Waals surface area contributed by atoms with Gasteiger partial charge in [0.15, 0.2) is 17.1 Å². The Morgan fingerprint density at radius 1 is 1.26 bits per heavy atom. The summed E-state index contributed by atoms with van der Waals surface area (Å²) >= 11 is 0. The Hall–Kier alpha value is -2.97. The highest BCUT2D eigenvalue weighted by Crippen LogP contribution is 2.33. The first-order valence-electron chi connectivity index (χ1n) is 10.3. The SMILES string of the molecule is COc1cc(C=O)ccc1OCC(O)CN1CCC(c2noc3cc(F)ccc23)CC1. The lowest BCUT2D eigenvalue weighted by atomic mass is 9.91. The second kappa shape index (κ2) is 9.45. The molecule has 1 saturated heterocycles. The number of hydrogen-bond acceptors (Lipinski definition) is 7. The summed E-state index contributed by atoms with van der Waals surface area (Å²) in [7, 11) is 1.51. The van der Waals surface area contributed by atoms with Crippen LogP contribution in [0.5, 0.6) is 11.5 Å². The van der Waals surface area contributed by atoms with Gasteiger partial charge < -0.3 is 24.0 Å². The van der Waals surface area contributed by atoms with Crippen molar-refractivity contribution in [2.75, 3.05) is 33.4 Å². The predicted molar refractivity (Wildman–Crippen MR) is 112 cm³/mol. The van der Waals surface area contributed by atoms with E-state index in [-0.39, 0.29) is 18.3 Å². The number of fused-ring (bicyclic) bond motifs is 1. The number of hydrogen-bond donors (Lipinski definition) is 1. The molecule has 3 aromatic rings. The second-order valence-corrected chi connectivity index (χ2v) is 7.78. The number of aliphatic hydroxyl groups is 1. The fourth-order valence-corrected chi connectivity index (χ4v) is 4.03. The van der Waals surface area contributed by atoms with E-state index in [1.807, 2.05) is 0 Å². The van der Waals surface area contributed by atoms with Gasteiger partial charge in [0, 0.05) is 29.5 Å². The first-order chi connectivity index (χ1) is 15.1. The lowest BCUT2D eigenvalue weighted by Crippen LogP contribution is -2.40. The Balaban J connectivity index is 1.28. The smallest absolute Gasteiger partial charge is 0.170 e. The molecule has 1 aliphatic rings. The van der Waals surface area contributed by atoms with Crippen molar-refractivity contribution >= 4 is 17.3 Å². The number of β-amino-alcohol motifs (C(OH)–C–C–N with tert-alkyl or cyclic N) is 1. The summed E-state index contributed by atoms with van der Waals surface area (Å²) in [5.74, 6) is 0.855. The fourth-order valence-electron chi connectivity index (χ4n) is 4.03. The van der Waals surface area contributed by atoms with Crippen molar-refractivity contribution in [3.63, 3.8) is 0 Å².